The molecule has 3 N–H and O–H groups in total. The van der Waals surface area contributed by atoms with Crippen molar-refractivity contribution >= 4 is 40.5 Å². The lowest BCUT2D eigenvalue weighted by Gasteiger charge is -2.11. The third-order valence-electron chi connectivity index (χ3n) is 2.77. The Morgan fingerprint density at radius 3 is 2.40 bits per heavy atom. The van der Waals surface area contributed by atoms with Gasteiger partial charge >= 0.3 is 0 Å². The van der Waals surface area contributed by atoms with Gasteiger partial charge in [0.25, 0.3) is 5.91 Å². The maximum atomic E-state index is 13.3. The van der Waals surface area contributed by atoms with Crippen LogP contribution in [0.4, 0.5) is 15.8 Å². The van der Waals surface area contributed by atoms with Gasteiger partial charge in [0.15, 0.2) is 5.82 Å². The molecule has 0 unspecified atom stereocenters. The second kappa shape index (κ2) is 5.69. The topological polar surface area (TPSA) is 55.1 Å². The molecule has 104 valence electrons. The van der Waals surface area contributed by atoms with E-state index >= 15 is 0 Å². The molecule has 0 radical (unpaired) electrons. The number of nitrogen functional groups attached to an aromatic ring is 1. The largest absolute Gasteiger partial charge is 0.398 e. The molecular formula is C14H11Cl2FN2O. The summed E-state index contributed by atoms with van der Waals surface area (Å²) in [6.07, 6.45) is 0. The van der Waals surface area contributed by atoms with Crippen LogP contribution in [0, 0.1) is 12.7 Å². The number of aryl methyl sites for hydroxylation is 1. The molecule has 1 amide bonds. The van der Waals surface area contributed by atoms with Gasteiger partial charge in [0.1, 0.15) is 0 Å². The van der Waals surface area contributed by atoms with E-state index in [1.54, 1.807) is 25.1 Å². The smallest absolute Gasteiger partial charge is 0.258 e. The number of nitrogens with two attached hydrogens (primary N) is 1. The minimum absolute atomic E-state index is 0.162. The minimum Gasteiger partial charge on any atom is -0.398 e. The minimum atomic E-state index is -0.721. The number of carbonyl (C=O) groups excluding carboxylic acids is 1. The maximum Gasteiger partial charge on any atom is 0.258 e. The number of benzene rings is 2. The van der Waals surface area contributed by atoms with Crippen LogP contribution in [0.1, 0.15) is 15.9 Å². The lowest BCUT2D eigenvalue weighted by molar-refractivity contribution is 0.102. The van der Waals surface area contributed by atoms with E-state index in [-0.39, 0.29) is 10.0 Å². The summed E-state index contributed by atoms with van der Waals surface area (Å²) in [5, 5.41) is 2.27. The van der Waals surface area contributed by atoms with Gasteiger partial charge in [0, 0.05) is 11.4 Å². The SMILES string of the molecule is Cc1cccc(N)c1C(=O)Nc1cc(Cl)c(F)c(Cl)c1. The Bertz CT molecular complexity index is 646. The number of hydrogen-bond acceptors (Lipinski definition) is 2. The standard InChI is InChI=1S/C14H11Cl2FN2O/c1-7-3-2-4-11(18)12(7)14(20)19-8-5-9(15)13(17)10(16)6-8/h2-6H,18H2,1H3,(H,19,20). The van der Waals surface area contributed by atoms with Crippen LogP contribution in [-0.2, 0) is 0 Å². The lowest BCUT2D eigenvalue weighted by atomic mass is 10.1. The second-order valence-corrected chi connectivity index (χ2v) is 5.06. The maximum absolute atomic E-state index is 13.3. The molecule has 0 aliphatic carbocycles. The number of rotatable bonds is 2. The van der Waals surface area contributed by atoms with Crippen molar-refractivity contribution in [1.82, 2.24) is 0 Å². The molecule has 0 saturated heterocycles. The van der Waals surface area contributed by atoms with E-state index in [2.05, 4.69) is 5.32 Å². The van der Waals surface area contributed by atoms with Crippen LogP contribution in [0.5, 0.6) is 0 Å². The summed E-state index contributed by atoms with van der Waals surface area (Å²) in [7, 11) is 0. The lowest BCUT2D eigenvalue weighted by Crippen LogP contribution is -2.15. The van der Waals surface area contributed by atoms with E-state index in [1.165, 1.54) is 12.1 Å². The van der Waals surface area contributed by atoms with Crippen molar-refractivity contribution in [3.63, 3.8) is 0 Å². The van der Waals surface area contributed by atoms with Gasteiger partial charge in [-0.3, -0.25) is 4.79 Å². The molecule has 2 aromatic rings. The molecule has 0 fully saturated rings. The zero-order chi connectivity index (χ0) is 14.9. The highest BCUT2D eigenvalue weighted by atomic mass is 35.5. The number of nitrogens with one attached hydrogen (secondary N) is 1. The normalized spacial score (nSPS) is 10.4. The number of amides is 1. The van der Waals surface area contributed by atoms with E-state index in [1.807, 2.05) is 0 Å². The quantitative estimate of drug-likeness (QED) is 0.642. The summed E-state index contributed by atoms with van der Waals surface area (Å²) < 4.78 is 13.3. The molecule has 0 atom stereocenters. The molecule has 0 saturated carbocycles. The Morgan fingerprint density at radius 1 is 1.25 bits per heavy atom. The molecule has 0 heterocycles. The Hall–Kier alpha value is -1.78. The van der Waals surface area contributed by atoms with Gasteiger partial charge < -0.3 is 11.1 Å². The van der Waals surface area contributed by atoms with Crippen LogP contribution < -0.4 is 11.1 Å². The van der Waals surface area contributed by atoms with E-state index in [0.29, 0.717) is 16.9 Å². The average molecular weight is 313 g/mol. The van der Waals surface area contributed by atoms with Crippen molar-refractivity contribution in [1.29, 1.82) is 0 Å². The fourth-order valence-electron chi connectivity index (χ4n) is 1.82. The summed E-state index contributed by atoms with van der Waals surface area (Å²) in [6, 6.07) is 7.74. The third kappa shape index (κ3) is 2.86. The van der Waals surface area contributed by atoms with Crippen molar-refractivity contribution in [2.45, 2.75) is 6.92 Å². The summed E-state index contributed by atoms with van der Waals surface area (Å²) in [5.41, 5.74) is 7.55. The fraction of sp³-hybridized carbons (Fsp3) is 0.0714. The first-order valence-electron chi connectivity index (χ1n) is 5.71. The third-order valence-corrected chi connectivity index (χ3v) is 3.32. The molecule has 0 aromatic heterocycles. The molecular weight excluding hydrogens is 302 g/mol. The molecule has 3 nitrogen and oxygen atoms in total. The van der Waals surface area contributed by atoms with Gasteiger partial charge in [-0.1, -0.05) is 35.3 Å². The average Bonchev–Trinajstić information content (AvgIpc) is 2.35. The van der Waals surface area contributed by atoms with Crippen LogP contribution in [0.15, 0.2) is 30.3 Å². The highest BCUT2D eigenvalue weighted by Crippen LogP contribution is 2.28. The zero-order valence-corrected chi connectivity index (χ0v) is 12.0. The number of hydrogen-bond donors (Lipinski definition) is 2. The first-order chi connectivity index (χ1) is 9.40. The van der Waals surface area contributed by atoms with Crippen molar-refractivity contribution in [3.05, 3.63) is 57.3 Å². The van der Waals surface area contributed by atoms with E-state index in [9.17, 15) is 9.18 Å². The van der Waals surface area contributed by atoms with Crippen LogP contribution in [-0.4, -0.2) is 5.91 Å². The fourth-order valence-corrected chi connectivity index (χ4v) is 2.31. The number of carbonyl (C=O) groups is 1. The summed E-state index contributed by atoms with van der Waals surface area (Å²) in [6.45, 7) is 1.77. The number of halogens is 3. The Morgan fingerprint density at radius 2 is 1.85 bits per heavy atom. The van der Waals surface area contributed by atoms with Crippen LogP contribution in [0.3, 0.4) is 0 Å². The van der Waals surface area contributed by atoms with E-state index in [4.69, 9.17) is 28.9 Å². The monoisotopic (exact) mass is 312 g/mol. The molecule has 0 spiro atoms. The predicted octanol–water partition coefficient (Wildman–Crippen LogP) is 4.28. The molecule has 0 aliphatic rings. The van der Waals surface area contributed by atoms with Crippen LogP contribution in [0.25, 0.3) is 0 Å². The van der Waals surface area contributed by atoms with Crippen molar-refractivity contribution < 1.29 is 9.18 Å². The summed E-state index contributed by atoms with van der Waals surface area (Å²) in [5.74, 6) is -1.12. The van der Waals surface area contributed by atoms with Gasteiger partial charge in [-0.2, -0.15) is 0 Å². The first-order valence-corrected chi connectivity index (χ1v) is 6.46. The van der Waals surface area contributed by atoms with Crippen molar-refractivity contribution in [3.8, 4) is 0 Å². The van der Waals surface area contributed by atoms with E-state index in [0.717, 1.165) is 5.56 Å². The molecule has 2 aromatic carbocycles. The Balaban J connectivity index is 2.33. The second-order valence-electron chi connectivity index (χ2n) is 4.25. The zero-order valence-electron chi connectivity index (χ0n) is 10.5. The Kier molecular flexibility index (Phi) is 4.16. The predicted molar refractivity (Wildman–Crippen MR) is 80.0 cm³/mol. The number of anilines is 2. The molecule has 0 bridgehead atoms. The van der Waals surface area contributed by atoms with Crippen molar-refractivity contribution in [2.24, 2.45) is 0 Å². The Labute approximate surface area is 125 Å². The molecule has 0 aliphatic heterocycles. The highest BCUT2D eigenvalue weighted by molar-refractivity contribution is 6.35. The highest BCUT2D eigenvalue weighted by Gasteiger charge is 2.14. The molecule has 6 heteroatoms. The van der Waals surface area contributed by atoms with Crippen molar-refractivity contribution in [2.75, 3.05) is 11.1 Å². The van der Waals surface area contributed by atoms with Gasteiger partial charge in [-0.25, -0.2) is 4.39 Å². The summed E-state index contributed by atoms with van der Waals surface area (Å²) >= 11 is 11.4. The summed E-state index contributed by atoms with van der Waals surface area (Å²) in [4.78, 5) is 12.2. The van der Waals surface area contributed by atoms with E-state index < -0.39 is 11.7 Å². The van der Waals surface area contributed by atoms with Gasteiger partial charge in [-0.05, 0) is 30.7 Å². The van der Waals surface area contributed by atoms with Gasteiger partial charge in [0.2, 0.25) is 0 Å². The van der Waals surface area contributed by atoms with Gasteiger partial charge in [-0.15, -0.1) is 0 Å². The molecule has 20 heavy (non-hydrogen) atoms. The first kappa shape index (κ1) is 14.6. The van der Waals surface area contributed by atoms with Crippen LogP contribution in [0.2, 0.25) is 10.0 Å². The van der Waals surface area contributed by atoms with Crippen LogP contribution >= 0.6 is 23.2 Å². The van der Waals surface area contributed by atoms with Gasteiger partial charge in [0.05, 0.1) is 15.6 Å². The molecule has 2 rings (SSSR count).